The van der Waals surface area contributed by atoms with Crippen molar-refractivity contribution in [3.8, 4) is 0 Å². The molecule has 2 heterocycles. The van der Waals surface area contributed by atoms with E-state index in [0.717, 1.165) is 24.4 Å². The van der Waals surface area contributed by atoms with Crippen LogP contribution >= 0.6 is 24.0 Å². The van der Waals surface area contributed by atoms with E-state index in [9.17, 15) is 4.79 Å². The van der Waals surface area contributed by atoms with Crippen LogP contribution in [0.4, 0.5) is 0 Å². The number of carbonyl (C=O) groups is 1. The molecule has 2 fully saturated rings. The number of halogens is 2. The summed E-state index contributed by atoms with van der Waals surface area (Å²) in [6.07, 6.45) is 1.38. The molecule has 7 heteroatoms. The van der Waals surface area contributed by atoms with Crippen molar-refractivity contribution in [2.24, 2.45) is 0 Å². The van der Waals surface area contributed by atoms with Crippen molar-refractivity contribution in [3.05, 3.63) is 34.9 Å². The Morgan fingerprint density at radius 1 is 1.25 bits per heavy atom. The van der Waals surface area contributed by atoms with Gasteiger partial charge in [0.1, 0.15) is 6.10 Å². The maximum atomic E-state index is 12.3. The van der Waals surface area contributed by atoms with Crippen molar-refractivity contribution in [1.29, 1.82) is 0 Å². The van der Waals surface area contributed by atoms with Crippen LogP contribution in [-0.4, -0.2) is 51.5 Å². The number of amides is 1. The topological polar surface area (TPSA) is 59.6 Å². The zero-order valence-electron chi connectivity index (χ0n) is 13.6. The Morgan fingerprint density at radius 2 is 1.96 bits per heavy atom. The number of benzene rings is 1. The van der Waals surface area contributed by atoms with Gasteiger partial charge in [0.2, 0.25) is 5.91 Å². The second-order valence-corrected chi connectivity index (χ2v) is 6.62. The molecule has 24 heavy (non-hydrogen) atoms. The minimum Gasteiger partial charge on any atom is -0.381 e. The summed E-state index contributed by atoms with van der Waals surface area (Å²) in [5.74, 6) is -0.0444. The minimum atomic E-state index is -0.397. The molecule has 0 spiro atoms. The fourth-order valence-electron chi connectivity index (χ4n) is 3.24. The number of nitrogens with one attached hydrogen (secondary N) is 2. The molecule has 1 amide bonds. The van der Waals surface area contributed by atoms with Crippen LogP contribution in [-0.2, 0) is 19.7 Å². The predicted octanol–water partition coefficient (Wildman–Crippen LogP) is 1.91. The van der Waals surface area contributed by atoms with E-state index in [1.165, 1.54) is 5.56 Å². The van der Waals surface area contributed by atoms with Crippen molar-refractivity contribution in [2.75, 3.05) is 39.5 Å². The number of carbonyl (C=O) groups excluding carboxylic acids is 1. The van der Waals surface area contributed by atoms with E-state index >= 15 is 0 Å². The highest BCUT2D eigenvalue weighted by Gasteiger charge is 2.35. The largest absolute Gasteiger partial charge is 0.381 e. The first-order valence-corrected chi connectivity index (χ1v) is 8.51. The molecule has 2 aliphatic heterocycles. The van der Waals surface area contributed by atoms with Gasteiger partial charge in [-0.25, -0.2) is 0 Å². The molecule has 5 nitrogen and oxygen atoms in total. The summed E-state index contributed by atoms with van der Waals surface area (Å²) in [5.41, 5.74) is 1.11. The Bertz CT molecular complexity index is 527. The summed E-state index contributed by atoms with van der Waals surface area (Å²) in [6.45, 7) is 3.96. The third kappa shape index (κ3) is 4.61. The molecule has 2 aliphatic rings. The molecule has 0 saturated carbocycles. The summed E-state index contributed by atoms with van der Waals surface area (Å²) < 4.78 is 11.0. The smallest absolute Gasteiger partial charge is 0.250 e. The Hall–Kier alpha value is -0.850. The zero-order valence-corrected chi connectivity index (χ0v) is 15.1. The molecule has 1 aromatic carbocycles. The van der Waals surface area contributed by atoms with Crippen LogP contribution in [0.2, 0.25) is 5.02 Å². The highest BCUT2D eigenvalue weighted by molar-refractivity contribution is 6.30. The van der Waals surface area contributed by atoms with Gasteiger partial charge in [0.25, 0.3) is 0 Å². The number of morpholine rings is 1. The van der Waals surface area contributed by atoms with Gasteiger partial charge in [-0.3, -0.25) is 4.79 Å². The Kier molecular flexibility index (Phi) is 7.32. The maximum absolute atomic E-state index is 12.3. The molecule has 0 aromatic heterocycles. The van der Waals surface area contributed by atoms with Crippen molar-refractivity contribution in [2.45, 2.75) is 24.4 Å². The maximum Gasteiger partial charge on any atom is 0.250 e. The van der Waals surface area contributed by atoms with E-state index in [2.05, 4.69) is 22.8 Å². The molecule has 0 aliphatic carbocycles. The van der Waals surface area contributed by atoms with Gasteiger partial charge < -0.3 is 20.1 Å². The molecule has 134 valence electrons. The summed E-state index contributed by atoms with van der Waals surface area (Å²) >= 11 is 6.01. The highest BCUT2D eigenvalue weighted by Crippen LogP contribution is 2.34. The lowest BCUT2D eigenvalue weighted by molar-refractivity contribution is -0.134. The summed E-state index contributed by atoms with van der Waals surface area (Å²) in [7, 11) is 0. The second kappa shape index (κ2) is 9.02. The fraction of sp³-hybridized carbons (Fsp3) is 0.588. The van der Waals surface area contributed by atoms with Crippen molar-refractivity contribution >= 4 is 29.9 Å². The molecule has 2 saturated heterocycles. The van der Waals surface area contributed by atoms with Gasteiger partial charge in [-0.1, -0.05) is 23.7 Å². The van der Waals surface area contributed by atoms with E-state index in [4.69, 9.17) is 21.1 Å². The third-order valence-corrected chi connectivity index (χ3v) is 4.98. The third-order valence-electron chi connectivity index (χ3n) is 4.73. The molecule has 0 radical (unpaired) electrons. The van der Waals surface area contributed by atoms with E-state index < -0.39 is 6.10 Å². The molecule has 3 rings (SSSR count). The summed E-state index contributed by atoms with van der Waals surface area (Å²) in [4.78, 5) is 12.3. The summed E-state index contributed by atoms with van der Waals surface area (Å²) in [6, 6.07) is 7.92. The van der Waals surface area contributed by atoms with Crippen molar-refractivity contribution in [1.82, 2.24) is 10.6 Å². The van der Waals surface area contributed by atoms with Gasteiger partial charge in [-0.2, -0.15) is 0 Å². The number of rotatable bonds is 4. The van der Waals surface area contributed by atoms with Crippen LogP contribution in [0.1, 0.15) is 18.4 Å². The lowest BCUT2D eigenvalue weighted by Gasteiger charge is -2.38. The van der Waals surface area contributed by atoms with Gasteiger partial charge in [0, 0.05) is 43.3 Å². The van der Waals surface area contributed by atoms with Gasteiger partial charge in [0.15, 0.2) is 0 Å². The first kappa shape index (κ1) is 19.5. The van der Waals surface area contributed by atoms with Crippen LogP contribution in [0.25, 0.3) is 0 Å². The highest BCUT2D eigenvalue weighted by atomic mass is 35.5. The van der Waals surface area contributed by atoms with Crippen molar-refractivity contribution < 1.29 is 14.3 Å². The standard InChI is InChI=1S/C17H23ClN2O3.ClH/c18-14-3-1-13(2-4-14)17(5-8-22-9-6-17)12-20-16(21)15-11-19-7-10-23-15;/h1-4,15,19H,5-12H2,(H,20,21);1H. The lowest BCUT2D eigenvalue weighted by atomic mass is 9.74. The molecule has 1 atom stereocenters. The minimum absolute atomic E-state index is 0. The van der Waals surface area contributed by atoms with Crippen LogP contribution in [0.15, 0.2) is 24.3 Å². The average Bonchev–Trinajstić information content (AvgIpc) is 2.62. The molecular weight excluding hydrogens is 351 g/mol. The van der Waals surface area contributed by atoms with Gasteiger partial charge in [-0.05, 0) is 30.5 Å². The molecule has 1 aromatic rings. The summed E-state index contributed by atoms with van der Waals surface area (Å²) in [5, 5.41) is 6.99. The molecule has 1 unspecified atom stereocenters. The van der Waals surface area contributed by atoms with E-state index in [1.807, 2.05) is 12.1 Å². The first-order chi connectivity index (χ1) is 11.2. The first-order valence-electron chi connectivity index (χ1n) is 8.13. The fourth-order valence-corrected chi connectivity index (χ4v) is 3.36. The van der Waals surface area contributed by atoms with Crippen molar-refractivity contribution in [3.63, 3.8) is 0 Å². The van der Waals surface area contributed by atoms with E-state index in [1.54, 1.807) is 0 Å². The molecular formula is C17H24Cl2N2O3. The number of hydrogen-bond acceptors (Lipinski definition) is 4. The van der Waals surface area contributed by atoms with Crippen LogP contribution in [0.3, 0.4) is 0 Å². The quantitative estimate of drug-likeness (QED) is 0.844. The van der Waals surface area contributed by atoms with Crippen LogP contribution in [0.5, 0.6) is 0 Å². The van der Waals surface area contributed by atoms with Gasteiger partial charge in [0.05, 0.1) is 6.61 Å². The molecule has 0 bridgehead atoms. The second-order valence-electron chi connectivity index (χ2n) is 6.18. The van der Waals surface area contributed by atoms with E-state index in [-0.39, 0.29) is 23.7 Å². The Morgan fingerprint density at radius 3 is 2.58 bits per heavy atom. The van der Waals surface area contributed by atoms with Gasteiger partial charge in [-0.15, -0.1) is 12.4 Å². The van der Waals surface area contributed by atoms with Crippen LogP contribution < -0.4 is 10.6 Å². The molecule has 2 N–H and O–H groups in total. The van der Waals surface area contributed by atoms with E-state index in [0.29, 0.717) is 32.9 Å². The average molecular weight is 375 g/mol. The lowest BCUT2D eigenvalue weighted by Crippen LogP contribution is -2.51. The Balaban J connectivity index is 0.00000208. The number of ether oxygens (including phenoxy) is 2. The van der Waals surface area contributed by atoms with Crippen LogP contribution in [0, 0.1) is 0 Å². The normalized spacial score (nSPS) is 23.1. The predicted molar refractivity (Wildman–Crippen MR) is 96.1 cm³/mol. The number of hydrogen-bond donors (Lipinski definition) is 2. The zero-order chi connectivity index (χ0) is 16.1. The monoisotopic (exact) mass is 374 g/mol. The van der Waals surface area contributed by atoms with Gasteiger partial charge >= 0.3 is 0 Å². The SMILES string of the molecule is Cl.O=C(NCC1(c2ccc(Cl)cc2)CCOCC1)C1CNCCO1. The Labute approximate surface area is 153 Å².